The third-order valence-electron chi connectivity index (χ3n) is 6.23. The molecule has 7 atom stereocenters. The molecule has 1 heterocycles. The van der Waals surface area contributed by atoms with Crippen LogP contribution in [0.2, 0.25) is 0 Å². The van der Waals surface area contributed by atoms with Crippen molar-refractivity contribution in [2.45, 2.75) is 78.1 Å². The third-order valence-corrected chi connectivity index (χ3v) is 6.23. The van der Waals surface area contributed by atoms with Crippen molar-refractivity contribution in [2.75, 3.05) is 26.2 Å². The van der Waals surface area contributed by atoms with Crippen molar-refractivity contribution in [3.8, 4) is 0 Å². The highest BCUT2D eigenvalue weighted by Gasteiger charge is 2.34. The highest BCUT2D eigenvalue weighted by atomic mass is 16.5. The fraction of sp³-hybridized carbons (Fsp3) is 0.870. The molecule has 4 N–H and O–H groups in total. The summed E-state index contributed by atoms with van der Waals surface area (Å²) in [5, 5.41) is 13.3. The Morgan fingerprint density at radius 2 is 2.03 bits per heavy atom. The molecular formula is C23H42N2O6. The van der Waals surface area contributed by atoms with E-state index in [4.69, 9.17) is 15.2 Å². The second kappa shape index (κ2) is 14.7. The molecule has 1 rings (SSSR count). The quantitative estimate of drug-likeness (QED) is 0.307. The summed E-state index contributed by atoms with van der Waals surface area (Å²) in [5.74, 6) is -1.19. The molecule has 1 aliphatic heterocycles. The number of Topliss-reactive ketones (excluding diaryl/α,β-unsaturated/α-hetero) is 1. The van der Waals surface area contributed by atoms with Gasteiger partial charge >= 0.3 is 5.97 Å². The fourth-order valence-electron chi connectivity index (χ4n) is 4.23. The Kier molecular flexibility index (Phi) is 13.1. The number of carbonyl (C=O) groups is 3. The van der Waals surface area contributed by atoms with Crippen LogP contribution in [0.15, 0.2) is 0 Å². The lowest BCUT2D eigenvalue weighted by molar-refractivity contribution is -0.155. The average molecular weight is 443 g/mol. The molecule has 1 aliphatic rings. The molecule has 0 radical (unpaired) electrons. The van der Waals surface area contributed by atoms with Gasteiger partial charge in [-0.1, -0.05) is 27.7 Å². The summed E-state index contributed by atoms with van der Waals surface area (Å²) in [4.78, 5) is 36.8. The largest absolute Gasteiger partial charge is 0.462 e. The van der Waals surface area contributed by atoms with E-state index in [1.807, 2.05) is 6.92 Å². The van der Waals surface area contributed by atoms with E-state index in [1.165, 1.54) is 0 Å². The maximum atomic E-state index is 12.9. The molecule has 1 unspecified atom stereocenters. The number of aliphatic hydroxyl groups excluding tert-OH is 1. The zero-order valence-electron chi connectivity index (χ0n) is 19.5. The molecule has 0 aromatic carbocycles. The van der Waals surface area contributed by atoms with Crippen molar-refractivity contribution in [1.29, 1.82) is 0 Å². The minimum atomic E-state index is -0.855. The first-order valence-electron chi connectivity index (χ1n) is 11.6. The molecule has 0 bridgehead atoms. The van der Waals surface area contributed by atoms with Crippen LogP contribution in [0.25, 0.3) is 0 Å². The number of ketones is 1. The fourth-order valence-corrected chi connectivity index (χ4v) is 4.23. The summed E-state index contributed by atoms with van der Waals surface area (Å²) in [6, 6.07) is 0. The molecule has 31 heavy (non-hydrogen) atoms. The Balaban J connectivity index is 3.11. The lowest BCUT2D eigenvalue weighted by Gasteiger charge is -2.32. The predicted octanol–water partition coefficient (Wildman–Crippen LogP) is 1.47. The van der Waals surface area contributed by atoms with Gasteiger partial charge in [0.05, 0.1) is 18.8 Å². The highest BCUT2D eigenvalue weighted by molar-refractivity contribution is 5.97. The first kappa shape index (κ1) is 27.7. The molecule has 0 spiro atoms. The lowest BCUT2D eigenvalue weighted by Crippen LogP contribution is -2.40. The van der Waals surface area contributed by atoms with Crippen molar-refractivity contribution < 1.29 is 29.0 Å². The Morgan fingerprint density at radius 3 is 2.65 bits per heavy atom. The maximum absolute atomic E-state index is 12.9. The average Bonchev–Trinajstić information content (AvgIpc) is 2.74. The van der Waals surface area contributed by atoms with Gasteiger partial charge in [-0.25, -0.2) is 0 Å². The Labute approximate surface area is 186 Å². The number of rotatable bonds is 7. The van der Waals surface area contributed by atoms with Gasteiger partial charge in [0.25, 0.3) is 0 Å². The van der Waals surface area contributed by atoms with Crippen LogP contribution in [0.3, 0.4) is 0 Å². The molecule has 180 valence electrons. The van der Waals surface area contributed by atoms with E-state index in [0.717, 1.165) is 25.8 Å². The van der Waals surface area contributed by atoms with Crippen LogP contribution in [-0.4, -0.2) is 67.7 Å². The van der Waals surface area contributed by atoms with E-state index < -0.39 is 24.1 Å². The first-order chi connectivity index (χ1) is 14.7. The summed E-state index contributed by atoms with van der Waals surface area (Å²) in [6.45, 7) is 9.44. The van der Waals surface area contributed by atoms with Gasteiger partial charge in [0.15, 0.2) is 0 Å². The standard InChI is InChI=1S/C23H42N2O6/c1-5-21-16(3)6-8-25-13-15(2)10-18(7-9-26)23(30-14-19(27)12-24)17(4)20(28)11-22(29)31-21/h9,15-19,21,23,25,27H,5-8,10-14,24H2,1-4H3/t15-,16-,17+,18+,19?,21-,23-/m1/s1. The van der Waals surface area contributed by atoms with Crippen molar-refractivity contribution in [3.63, 3.8) is 0 Å². The molecule has 8 heteroatoms. The van der Waals surface area contributed by atoms with Crippen molar-refractivity contribution >= 4 is 18.0 Å². The molecule has 0 amide bonds. The number of nitrogens with two attached hydrogens (primary N) is 1. The van der Waals surface area contributed by atoms with Gasteiger partial charge < -0.3 is 30.4 Å². The molecule has 0 aliphatic carbocycles. The van der Waals surface area contributed by atoms with E-state index in [9.17, 15) is 19.5 Å². The number of carbonyl (C=O) groups excluding carboxylic acids is 3. The van der Waals surface area contributed by atoms with E-state index >= 15 is 0 Å². The second-order valence-corrected chi connectivity index (χ2v) is 9.03. The minimum absolute atomic E-state index is 0.0271. The minimum Gasteiger partial charge on any atom is -0.462 e. The summed E-state index contributed by atoms with van der Waals surface area (Å²) in [7, 11) is 0. The Morgan fingerprint density at radius 1 is 1.32 bits per heavy atom. The first-order valence-corrected chi connectivity index (χ1v) is 11.6. The molecule has 8 nitrogen and oxygen atoms in total. The van der Waals surface area contributed by atoms with Gasteiger partial charge in [-0.15, -0.1) is 0 Å². The van der Waals surface area contributed by atoms with Gasteiger partial charge in [-0.05, 0) is 50.1 Å². The number of cyclic esters (lactones) is 1. The molecule has 1 fully saturated rings. The van der Waals surface area contributed by atoms with E-state index in [0.29, 0.717) is 12.8 Å². The Hall–Kier alpha value is -1.35. The van der Waals surface area contributed by atoms with Gasteiger partial charge in [-0.2, -0.15) is 0 Å². The number of hydrogen-bond acceptors (Lipinski definition) is 8. The van der Waals surface area contributed by atoms with Crippen LogP contribution < -0.4 is 11.1 Å². The monoisotopic (exact) mass is 442 g/mol. The predicted molar refractivity (Wildman–Crippen MR) is 118 cm³/mol. The van der Waals surface area contributed by atoms with Gasteiger partial charge in [0.2, 0.25) is 0 Å². The number of aldehydes is 1. The molecular weight excluding hydrogens is 400 g/mol. The third kappa shape index (κ3) is 9.76. The smallest absolute Gasteiger partial charge is 0.313 e. The van der Waals surface area contributed by atoms with Gasteiger partial charge in [-0.3, -0.25) is 9.59 Å². The summed E-state index contributed by atoms with van der Waals surface area (Å²) in [6.07, 6.45) is 1.32. The van der Waals surface area contributed by atoms with Crippen LogP contribution in [0, 0.1) is 23.7 Å². The zero-order valence-corrected chi connectivity index (χ0v) is 19.5. The topological polar surface area (TPSA) is 128 Å². The van der Waals surface area contributed by atoms with Crippen LogP contribution >= 0.6 is 0 Å². The molecule has 0 aromatic rings. The van der Waals surface area contributed by atoms with Gasteiger partial charge in [0, 0.05) is 18.9 Å². The maximum Gasteiger partial charge on any atom is 0.313 e. The summed E-state index contributed by atoms with van der Waals surface area (Å²) >= 11 is 0. The van der Waals surface area contributed by atoms with Crippen LogP contribution in [0.5, 0.6) is 0 Å². The number of hydrogen-bond donors (Lipinski definition) is 3. The number of esters is 1. The molecule has 0 saturated carbocycles. The van der Waals surface area contributed by atoms with E-state index in [-0.39, 0.29) is 55.6 Å². The van der Waals surface area contributed by atoms with Crippen LogP contribution in [0.1, 0.15) is 59.8 Å². The van der Waals surface area contributed by atoms with Crippen molar-refractivity contribution in [3.05, 3.63) is 0 Å². The van der Waals surface area contributed by atoms with Crippen molar-refractivity contribution in [2.24, 2.45) is 29.4 Å². The highest BCUT2D eigenvalue weighted by Crippen LogP contribution is 2.28. The lowest BCUT2D eigenvalue weighted by atomic mass is 9.81. The second-order valence-electron chi connectivity index (χ2n) is 9.03. The van der Waals surface area contributed by atoms with Crippen LogP contribution in [0.4, 0.5) is 0 Å². The Bertz CT molecular complexity index is 558. The molecule has 0 aromatic heterocycles. The zero-order chi connectivity index (χ0) is 23.4. The normalized spacial score (nSPS) is 33.1. The van der Waals surface area contributed by atoms with E-state index in [2.05, 4.69) is 19.2 Å². The number of aliphatic hydroxyl groups is 1. The number of nitrogens with one attached hydrogen (secondary N) is 1. The van der Waals surface area contributed by atoms with Crippen LogP contribution in [-0.2, 0) is 23.9 Å². The summed E-state index contributed by atoms with van der Waals surface area (Å²) in [5.41, 5.74) is 5.48. The van der Waals surface area contributed by atoms with E-state index in [1.54, 1.807) is 6.92 Å². The molecule has 1 saturated heterocycles. The number of ether oxygens (including phenoxy) is 2. The van der Waals surface area contributed by atoms with Gasteiger partial charge in [0.1, 0.15) is 24.6 Å². The summed E-state index contributed by atoms with van der Waals surface area (Å²) < 4.78 is 11.5. The SMILES string of the molecule is CC[C@H]1OC(=O)CC(=O)[C@H](C)[C@@H](OCC(O)CN)[C@@H](CC=O)C[C@@H](C)CNCC[C@H]1C. The van der Waals surface area contributed by atoms with Crippen molar-refractivity contribution in [1.82, 2.24) is 5.32 Å².